The van der Waals surface area contributed by atoms with E-state index in [1.807, 2.05) is 30.3 Å². The highest BCUT2D eigenvalue weighted by atomic mass is 35.5. The average molecular weight is 399 g/mol. The minimum Gasteiger partial charge on any atom is -0.473 e. The van der Waals surface area contributed by atoms with E-state index in [-0.39, 0.29) is 11.0 Å². The highest BCUT2D eigenvalue weighted by Gasteiger charge is 2.19. The maximum atomic E-state index is 11.9. The first kappa shape index (κ1) is 19.9. The molecule has 0 aliphatic carbocycles. The lowest BCUT2D eigenvalue weighted by molar-refractivity contribution is 0.100. The van der Waals surface area contributed by atoms with Crippen molar-refractivity contribution in [1.82, 2.24) is 9.97 Å². The Morgan fingerprint density at radius 1 is 1.21 bits per heavy atom. The third-order valence-corrected chi connectivity index (χ3v) is 4.33. The zero-order valence-corrected chi connectivity index (χ0v) is 16.9. The molecule has 2 heterocycles. The lowest BCUT2D eigenvalue weighted by Crippen LogP contribution is -2.22. The van der Waals surface area contributed by atoms with Crippen LogP contribution in [0.5, 0.6) is 5.88 Å². The highest BCUT2D eigenvalue weighted by Crippen LogP contribution is 2.32. The summed E-state index contributed by atoms with van der Waals surface area (Å²) >= 11 is 6.41. The van der Waals surface area contributed by atoms with Crippen LogP contribution in [0, 0.1) is 5.41 Å². The number of aromatic nitrogens is 2. The van der Waals surface area contributed by atoms with E-state index in [4.69, 9.17) is 22.1 Å². The molecule has 3 N–H and O–H groups in total. The third kappa shape index (κ3) is 4.70. The Morgan fingerprint density at radius 2 is 1.93 bits per heavy atom. The van der Waals surface area contributed by atoms with Crippen LogP contribution in [0.3, 0.4) is 0 Å². The molecule has 28 heavy (non-hydrogen) atoms. The fraction of sp³-hybridized carbons (Fsp3) is 0.286. The quantitative estimate of drug-likeness (QED) is 0.641. The van der Waals surface area contributed by atoms with Gasteiger partial charge in [0.15, 0.2) is 0 Å². The maximum Gasteiger partial charge on any atom is 0.252 e. The van der Waals surface area contributed by atoms with Gasteiger partial charge in [-0.2, -0.15) is 0 Å². The van der Waals surface area contributed by atoms with Crippen LogP contribution in [0.1, 0.15) is 36.7 Å². The number of anilines is 1. The Kier molecular flexibility index (Phi) is 5.70. The predicted molar refractivity (Wildman–Crippen MR) is 112 cm³/mol. The molecule has 0 unspecified atom stereocenters. The molecule has 0 spiro atoms. The van der Waals surface area contributed by atoms with Gasteiger partial charge in [0, 0.05) is 18.8 Å². The number of nitrogens with two attached hydrogens (primary N) is 1. The number of carbonyl (C=O) groups is 1. The highest BCUT2D eigenvalue weighted by molar-refractivity contribution is 6.35. The monoisotopic (exact) mass is 398 g/mol. The molecule has 0 saturated heterocycles. The number of rotatable bonds is 6. The van der Waals surface area contributed by atoms with Crippen molar-refractivity contribution in [1.29, 1.82) is 0 Å². The Morgan fingerprint density at radius 3 is 2.57 bits per heavy atom. The number of hydrogen-bond acceptors (Lipinski definition) is 5. The fourth-order valence-corrected chi connectivity index (χ4v) is 2.86. The second-order valence-electron chi connectivity index (χ2n) is 7.74. The minimum atomic E-state index is -0.584. The van der Waals surface area contributed by atoms with Crippen molar-refractivity contribution >= 4 is 34.2 Å². The summed E-state index contributed by atoms with van der Waals surface area (Å²) in [7, 11) is 0. The molecule has 1 aromatic carbocycles. The summed E-state index contributed by atoms with van der Waals surface area (Å²) in [6.45, 7) is 7.22. The Labute approximate surface area is 169 Å². The second kappa shape index (κ2) is 8.02. The molecule has 3 rings (SSSR count). The molecule has 0 aliphatic rings. The van der Waals surface area contributed by atoms with E-state index in [9.17, 15) is 4.79 Å². The van der Waals surface area contributed by atoms with Crippen LogP contribution >= 0.6 is 11.6 Å². The van der Waals surface area contributed by atoms with Crippen LogP contribution in [0.4, 0.5) is 5.69 Å². The molecule has 2 aromatic heterocycles. The van der Waals surface area contributed by atoms with Gasteiger partial charge in [-0.25, -0.2) is 4.98 Å². The van der Waals surface area contributed by atoms with E-state index in [0.717, 1.165) is 5.56 Å². The first-order valence-electron chi connectivity index (χ1n) is 8.94. The van der Waals surface area contributed by atoms with Gasteiger partial charge in [-0.05, 0) is 11.0 Å². The average Bonchev–Trinajstić information content (AvgIpc) is 2.64. The molecule has 0 radical (unpaired) electrons. The van der Waals surface area contributed by atoms with Crippen molar-refractivity contribution in [3.63, 3.8) is 0 Å². The number of nitrogens with one attached hydrogen (secondary N) is 1. The summed E-state index contributed by atoms with van der Waals surface area (Å²) in [5, 5.41) is 3.68. The first-order chi connectivity index (χ1) is 13.2. The van der Waals surface area contributed by atoms with E-state index in [2.05, 4.69) is 36.1 Å². The summed E-state index contributed by atoms with van der Waals surface area (Å²) in [5.41, 5.74) is 8.25. The standard InChI is InChI=1S/C21H23ClN4O2/c1-21(2,3)12-25-17-14(20(23)27)10-24-18-15(22)9-16(26-19(17)18)28-11-13-7-5-4-6-8-13/h4-10H,11-12H2,1-3H3,(H2,23,27)(H,24,25). The molecule has 0 bridgehead atoms. The molecule has 1 amide bonds. The molecule has 0 saturated carbocycles. The van der Waals surface area contributed by atoms with Crippen LogP contribution in [0.25, 0.3) is 11.0 Å². The van der Waals surface area contributed by atoms with Crippen molar-refractivity contribution < 1.29 is 9.53 Å². The molecule has 6 nitrogen and oxygen atoms in total. The van der Waals surface area contributed by atoms with Crippen molar-refractivity contribution in [2.24, 2.45) is 11.1 Å². The minimum absolute atomic E-state index is 0.0181. The van der Waals surface area contributed by atoms with Crippen LogP contribution in [0.15, 0.2) is 42.6 Å². The maximum absolute atomic E-state index is 11.9. The molecule has 0 atom stereocenters. The van der Waals surface area contributed by atoms with Gasteiger partial charge in [0.2, 0.25) is 5.88 Å². The lowest BCUT2D eigenvalue weighted by Gasteiger charge is -2.21. The van der Waals surface area contributed by atoms with E-state index >= 15 is 0 Å². The zero-order chi connectivity index (χ0) is 20.3. The number of nitrogens with zero attached hydrogens (tertiary/aromatic N) is 2. The number of benzene rings is 1. The molecule has 0 aliphatic heterocycles. The van der Waals surface area contributed by atoms with E-state index < -0.39 is 5.91 Å². The Bertz CT molecular complexity index is 1000. The van der Waals surface area contributed by atoms with Crippen molar-refractivity contribution in [3.8, 4) is 5.88 Å². The van der Waals surface area contributed by atoms with Gasteiger partial charge in [-0.1, -0.05) is 62.7 Å². The number of amides is 1. The second-order valence-corrected chi connectivity index (χ2v) is 8.15. The summed E-state index contributed by atoms with van der Waals surface area (Å²) in [6, 6.07) is 11.4. The topological polar surface area (TPSA) is 90.1 Å². The number of pyridine rings is 2. The summed E-state index contributed by atoms with van der Waals surface area (Å²) in [5.74, 6) is -0.233. The van der Waals surface area contributed by atoms with Crippen LogP contribution in [-0.2, 0) is 6.61 Å². The van der Waals surface area contributed by atoms with Crippen molar-refractivity contribution in [2.75, 3.05) is 11.9 Å². The van der Waals surface area contributed by atoms with E-state index in [0.29, 0.717) is 40.8 Å². The largest absolute Gasteiger partial charge is 0.473 e. The summed E-state index contributed by atoms with van der Waals surface area (Å²) < 4.78 is 5.81. The molecule has 146 valence electrons. The normalized spacial score (nSPS) is 11.4. The fourth-order valence-electron chi connectivity index (χ4n) is 2.63. The Balaban J connectivity index is 2.02. The smallest absolute Gasteiger partial charge is 0.252 e. The number of fused-ring (bicyclic) bond motifs is 1. The number of carbonyl (C=O) groups excluding carboxylic acids is 1. The summed E-state index contributed by atoms with van der Waals surface area (Å²) in [4.78, 5) is 20.8. The SMILES string of the molecule is CC(C)(C)CNc1c(C(N)=O)cnc2c(Cl)cc(OCc3ccccc3)nc12. The molecule has 7 heteroatoms. The number of halogens is 1. The molecular formula is C21H23ClN4O2. The van der Waals surface area contributed by atoms with Gasteiger partial charge in [0.1, 0.15) is 17.6 Å². The van der Waals surface area contributed by atoms with Gasteiger partial charge in [-0.3, -0.25) is 9.78 Å². The van der Waals surface area contributed by atoms with Crippen LogP contribution in [0.2, 0.25) is 5.02 Å². The van der Waals surface area contributed by atoms with Crippen LogP contribution < -0.4 is 15.8 Å². The first-order valence-corrected chi connectivity index (χ1v) is 9.32. The molecule has 3 aromatic rings. The van der Waals surface area contributed by atoms with E-state index in [1.54, 1.807) is 6.07 Å². The van der Waals surface area contributed by atoms with E-state index in [1.165, 1.54) is 6.20 Å². The predicted octanol–water partition coefficient (Wildman–Crippen LogP) is 4.42. The number of primary amides is 1. The van der Waals surface area contributed by atoms with Gasteiger partial charge in [0.05, 0.1) is 16.3 Å². The number of hydrogen-bond donors (Lipinski definition) is 2. The van der Waals surface area contributed by atoms with Crippen LogP contribution in [-0.4, -0.2) is 22.4 Å². The van der Waals surface area contributed by atoms with Gasteiger partial charge < -0.3 is 15.8 Å². The van der Waals surface area contributed by atoms with Crippen molar-refractivity contribution in [3.05, 3.63) is 58.7 Å². The lowest BCUT2D eigenvalue weighted by atomic mass is 9.96. The van der Waals surface area contributed by atoms with Gasteiger partial charge in [0.25, 0.3) is 5.91 Å². The zero-order valence-electron chi connectivity index (χ0n) is 16.1. The molecule has 0 fully saturated rings. The molecular weight excluding hydrogens is 376 g/mol. The third-order valence-electron chi connectivity index (χ3n) is 4.04. The van der Waals surface area contributed by atoms with Crippen molar-refractivity contribution in [2.45, 2.75) is 27.4 Å². The summed E-state index contributed by atoms with van der Waals surface area (Å²) in [6.07, 6.45) is 1.42. The van der Waals surface area contributed by atoms with Gasteiger partial charge in [-0.15, -0.1) is 0 Å². The Hall–Kier alpha value is -2.86. The number of ether oxygens (including phenoxy) is 1. The van der Waals surface area contributed by atoms with Gasteiger partial charge >= 0.3 is 0 Å².